The topological polar surface area (TPSA) is 536 Å². The molecule has 1 fully saturated rings. The summed E-state index contributed by atoms with van der Waals surface area (Å²) in [6.07, 6.45) is -5.87. The lowest BCUT2D eigenvalue weighted by molar-refractivity contribution is -0.149. The van der Waals surface area contributed by atoms with Crippen LogP contribution >= 0.6 is 0 Å². The number of hydrogen-bond donors (Lipinski definition) is 17. The van der Waals surface area contributed by atoms with Crippen molar-refractivity contribution in [3.05, 3.63) is 35.9 Å². The molecule has 0 saturated carbocycles. The number of benzene rings is 1. The minimum absolute atomic E-state index is 0.0532. The molecule has 1 aromatic carbocycles. The summed E-state index contributed by atoms with van der Waals surface area (Å²) in [6.45, 7) is 8.42. The first-order valence-corrected chi connectivity index (χ1v) is 32.7. The highest BCUT2D eigenvalue weighted by molar-refractivity contribution is 5.99. The summed E-state index contributed by atoms with van der Waals surface area (Å²) in [4.78, 5) is 181. The van der Waals surface area contributed by atoms with E-state index in [-0.39, 0.29) is 122 Å². The molecule has 23 N–H and O–H groups in total. The van der Waals surface area contributed by atoms with Gasteiger partial charge in [0.15, 0.2) is 17.3 Å². The number of ether oxygens (including phenoxy) is 1. The molecule has 0 radical (unpaired) electrons. The Hall–Kier alpha value is -7.39. The van der Waals surface area contributed by atoms with E-state index in [0.717, 1.165) is 6.42 Å². The van der Waals surface area contributed by atoms with E-state index in [9.17, 15) is 72.5 Å². The summed E-state index contributed by atoms with van der Waals surface area (Å²) in [6, 6.07) is -2.65. The van der Waals surface area contributed by atoms with Gasteiger partial charge in [0.25, 0.3) is 0 Å². The normalized spacial score (nSPS) is 22.2. The Morgan fingerprint density at radius 1 is 0.574 bits per heavy atom. The van der Waals surface area contributed by atoms with Gasteiger partial charge in [-0.3, -0.25) is 62.3 Å². The zero-order valence-corrected chi connectivity index (χ0v) is 55.4. The van der Waals surface area contributed by atoms with Crippen LogP contribution in [0.5, 0.6) is 0 Å². The van der Waals surface area contributed by atoms with Crippen LogP contribution in [0.4, 0.5) is 0 Å². The molecule has 94 heavy (non-hydrogen) atoms. The van der Waals surface area contributed by atoms with Gasteiger partial charge in [-0.2, -0.15) is 0 Å². The van der Waals surface area contributed by atoms with Gasteiger partial charge in [-0.15, -0.1) is 0 Å². The van der Waals surface area contributed by atoms with Crippen LogP contribution in [0.3, 0.4) is 0 Å². The van der Waals surface area contributed by atoms with Gasteiger partial charge in [0.1, 0.15) is 30.2 Å². The molecule has 1 aliphatic heterocycles. The molecule has 1 saturated heterocycles. The standard InChI is InChI=1S/C63H107N15O16/c1-7-11-36(4)94-54(85)15-14-53(84)71-46(20-27-68)59(89)73-45(19-26-67)52(83)34-42(37(5)79)58(88)72-43(17-24-65)51(82)33-41-22-29-70-63(93)55(38(6)80)78-57(87)40(16-23-64)32-50(81)44(18-25-66)74-61(91)48(30-35(2)3)76-62(92)49(31-39-12-9-8-10-13-39)77-60(90)47(21-28-69)75-56(41)86/h8-10,12-13,35-38,40-49,55,79-80H,7,11,14-34,64-69H2,1-6H3,(H,70,93)(H,71,84)(H,72,88)(H,73,89)(H,74,91)(H,75,86)(H,76,92)(H,77,90)(H,78,87)/t36?,37?,38?,40-,41-,42+,43+,44+,45+,46+,47+,48+,49-,55+/m1/s1. The third-order valence-corrected chi connectivity index (χ3v) is 15.9. The molecular weight excluding hydrogens is 1220 g/mol. The fraction of sp³-hybridized carbons (Fsp3) is 0.698. The van der Waals surface area contributed by atoms with E-state index in [0.29, 0.717) is 12.0 Å². The Balaban J connectivity index is 2.64. The van der Waals surface area contributed by atoms with Gasteiger partial charge in [-0.1, -0.05) is 57.5 Å². The maximum absolute atomic E-state index is 14.7. The van der Waals surface area contributed by atoms with Crippen LogP contribution in [0.1, 0.15) is 143 Å². The van der Waals surface area contributed by atoms with Crippen molar-refractivity contribution in [1.82, 2.24) is 47.9 Å². The summed E-state index contributed by atoms with van der Waals surface area (Å²) >= 11 is 0. The molecule has 0 aromatic heterocycles. The molecule has 1 heterocycles. The highest BCUT2D eigenvalue weighted by Gasteiger charge is 2.38. The average molecular weight is 1330 g/mol. The van der Waals surface area contributed by atoms with E-state index in [2.05, 4.69) is 47.9 Å². The number of ketones is 3. The van der Waals surface area contributed by atoms with Crippen molar-refractivity contribution < 1.29 is 77.3 Å². The zero-order chi connectivity index (χ0) is 70.6. The average Bonchev–Trinajstić information content (AvgIpc) is 0.935. The Morgan fingerprint density at radius 2 is 1.11 bits per heavy atom. The first kappa shape index (κ1) is 82.7. The van der Waals surface area contributed by atoms with E-state index in [1.165, 1.54) is 13.8 Å². The van der Waals surface area contributed by atoms with Crippen molar-refractivity contribution >= 4 is 76.5 Å². The lowest BCUT2D eigenvalue weighted by atomic mass is 9.90. The van der Waals surface area contributed by atoms with Crippen LogP contribution in [0.25, 0.3) is 0 Å². The molecule has 2 rings (SSSR count). The molecule has 14 atom stereocenters. The Morgan fingerprint density at radius 3 is 1.68 bits per heavy atom. The third-order valence-electron chi connectivity index (χ3n) is 15.9. The lowest BCUT2D eigenvalue weighted by Gasteiger charge is -2.28. The summed E-state index contributed by atoms with van der Waals surface area (Å²) in [5, 5.41) is 45.2. The van der Waals surface area contributed by atoms with Crippen molar-refractivity contribution in [1.29, 1.82) is 0 Å². The van der Waals surface area contributed by atoms with Gasteiger partial charge in [-0.05, 0) is 129 Å². The van der Waals surface area contributed by atoms with Gasteiger partial charge in [-0.25, -0.2) is 0 Å². The van der Waals surface area contributed by atoms with Gasteiger partial charge in [0.2, 0.25) is 53.2 Å². The Bertz CT molecular complexity index is 2630. The van der Waals surface area contributed by atoms with Gasteiger partial charge < -0.3 is 97.2 Å². The number of rotatable bonds is 35. The highest BCUT2D eigenvalue weighted by atomic mass is 16.5. The minimum atomic E-state index is -1.66. The molecule has 1 aromatic rings. The first-order valence-electron chi connectivity index (χ1n) is 32.7. The van der Waals surface area contributed by atoms with Crippen molar-refractivity contribution in [3.63, 3.8) is 0 Å². The summed E-state index contributed by atoms with van der Waals surface area (Å²) in [5.74, 6) is -15.0. The second kappa shape index (κ2) is 44.3. The number of esters is 1. The number of carbonyl (C=O) groups excluding carboxylic acids is 13. The Kier molecular flexibility index (Phi) is 39.0. The summed E-state index contributed by atoms with van der Waals surface area (Å²) in [7, 11) is 0. The van der Waals surface area contributed by atoms with E-state index < -0.39 is 181 Å². The second-order valence-corrected chi connectivity index (χ2v) is 24.4. The minimum Gasteiger partial charge on any atom is -0.463 e. The van der Waals surface area contributed by atoms with Crippen LogP contribution in [0.2, 0.25) is 0 Å². The fourth-order valence-electron chi connectivity index (χ4n) is 10.6. The van der Waals surface area contributed by atoms with E-state index in [4.69, 9.17) is 39.1 Å². The first-order chi connectivity index (χ1) is 44.6. The number of nitrogens with one attached hydrogen (secondary N) is 9. The van der Waals surface area contributed by atoms with Crippen LogP contribution in [0.15, 0.2) is 30.3 Å². The number of hydrogen-bond acceptors (Lipinski definition) is 22. The number of Topliss-reactive ketones (excluding diaryl/α,β-unsaturated/α-hetero) is 3. The quantitative estimate of drug-likeness (QED) is 0.0286. The molecule has 31 heteroatoms. The van der Waals surface area contributed by atoms with Crippen molar-refractivity contribution in [2.24, 2.45) is 58.1 Å². The Labute approximate surface area is 550 Å². The number of aliphatic hydroxyl groups excluding tert-OH is 2. The lowest BCUT2D eigenvalue weighted by Crippen LogP contribution is -2.59. The largest absolute Gasteiger partial charge is 0.463 e. The van der Waals surface area contributed by atoms with Crippen molar-refractivity contribution in [3.8, 4) is 0 Å². The molecule has 530 valence electrons. The number of aliphatic hydroxyl groups is 2. The predicted octanol–water partition coefficient (Wildman–Crippen LogP) is -4.23. The third kappa shape index (κ3) is 29.9. The molecule has 9 amide bonds. The van der Waals surface area contributed by atoms with E-state index in [1.807, 2.05) is 6.92 Å². The smallest absolute Gasteiger partial charge is 0.306 e. The maximum Gasteiger partial charge on any atom is 0.306 e. The zero-order valence-electron chi connectivity index (χ0n) is 55.4. The number of carbonyl (C=O) groups is 13. The van der Waals surface area contributed by atoms with E-state index in [1.54, 1.807) is 51.1 Å². The highest BCUT2D eigenvalue weighted by Crippen LogP contribution is 2.20. The fourth-order valence-corrected chi connectivity index (χ4v) is 10.6. The SMILES string of the molecule is CCCC(C)OC(=O)CCC(=O)N[C@@H](CCN)C(=O)N[C@@H](CCN)C(=O)C[C@H](C(=O)N[C@@H](CCN)C(=O)C[C@H]1CCNC(=O)[C@H](C(C)O)NC(=O)[C@H](CCN)CC(=O)[C@H](CCN)NC(=O)[C@H](CC(C)C)NC(=O)[C@@H](Cc2ccccc2)NC(=O)[C@H](CCN)NC1=O)C(C)O. The van der Waals surface area contributed by atoms with E-state index >= 15 is 0 Å². The van der Waals surface area contributed by atoms with Gasteiger partial charge in [0, 0.05) is 50.5 Å². The molecule has 0 aliphatic carbocycles. The summed E-state index contributed by atoms with van der Waals surface area (Å²) < 4.78 is 5.29. The van der Waals surface area contributed by atoms with Crippen LogP contribution in [-0.4, -0.2) is 199 Å². The number of amides is 9. The van der Waals surface area contributed by atoms with Crippen LogP contribution < -0.4 is 82.3 Å². The second-order valence-electron chi connectivity index (χ2n) is 24.4. The molecular formula is C63H107N15O16. The monoisotopic (exact) mass is 1330 g/mol. The molecule has 0 spiro atoms. The molecule has 3 unspecified atom stereocenters. The van der Waals surface area contributed by atoms with Crippen molar-refractivity contribution in [2.75, 3.05) is 45.8 Å². The van der Waals surface area contributed by atoms with Crippen LogP contribution in [0, 0.1) is 23.7 Å². The van der Waals surface area contributed by atoms with Gasteiger partial charge >= 0.3 is 5.97 Å². The van der Waals surface area contributed by atoms with Gasteiger partial charge in [0.05, 0.1) is 48.8 Å². The molecule has 31 nitrogen and oxygen atoms in total. The van der Waals surface area contributed by atoms with Crippen LogP contribution in [-0.2, 0) is 73.5 Å². The maximum atomic E-state index is 14.7. The summed E-state index contributed by atoms with van der Waals surface area (Å²) in [5.41, 5.74) is 35.9. The van der Waals surface area contributed by atoms with Crippen molar-refractivity contribution in [2.45, 2.75) is 211 Å². The molecule has 0 bridgehead atoms. The molecule has 1 aliphatic rings. The number of nitrogens with two attached hydrogens (primary N) is 6. The predicted molar refractivity (Wildman–Crippen MR) is 347 cm³/mol.